The molecule has 104 valence electrons. The third-order valence-electron chi connectivity index (χ3n) is 2.92. The summed E-state index contributed by atoms with van der Waals surface area (Å²) >= 11 is 0. The molecule has 0 spiro atoms. The predicted molar refractivity (Wildman–Crippen MR) is 79.3 cm³/mol. The Hall–Kier alpha value is -2.29. The summed E-state index contributed by atoms with van der Waals surface area (Å²) < 4.78 is 5.54. The number of benzene rings is 2. The van der Waals surface area contributed by atoms with Crippen molar-refractivity contribution in [2.24, 2.45) is 0 Å². The standard InChI is InChI=1S/C17H18O3/c1-11(2)20-16-8-7-14(10-15(16)17(18)19)13-6-4-5-12(3)9-13/h4-11H,1-3H3,(H,18,19). The number of carboxylic acid groups (broad SMARTS) is 1. The van der Waals surface area contributed by atoms with Crippen molar-refractivity contribution < 1.29 is 14.6 Å². The first-order valence-electron chi connectivity index (χ1n) is 6.58. The average molecular weight is 270 g/mol. The summed E-state index contributed by atoms with van der Waals surface area (Å²) in [6.45, 7) is 5.76. The van der Waals surface area contributed by atoms with Gasteiger partial charge in [-0.05, 0) is 44.0 Å². The van der Waals surface area contributed by atoms with E-state index >= 15 is 0 Å². The maximum absolute atomic E-state index is 11.4. The van der Waals surface area contributed by atoms with Gasteiger partial charge >= 0.3 is 5.97 Å². The van der Waals surface area contributed by atoms with Crippen molar-refractivity contribution in [3.05, 3.63) is 53.6 Å². The van der Waals surface area contributed by atoms with Crippen molar-refractivity contribution in [1.82, 2.24) is 0 Å². The van der Waals surface area contributed by atoms with Gasteiger partial charge in [0.05, 0.1) is 6.10 Å². The fourth-order valence-electron chi connectivity index (χ4n) is 2.06. The van der Waals surface area contributed by atoms with Crippen molar-refractivity contribution in [2.75, 3.05) is 0 Å². The second-order valence-corrected chi connectivity index (χ2v) is 5.05. The van der Waals surface area contributed by atoms with Crippen LogP contribution in [0.4, 0.5) is 0 Å². The fraction of sp³-hybridized carbons (Fsp3) is 0.235. The van der Waals surface area contributed by atoms with Crippen LogP contribution < -0.4 is 4.74 Å². The molecule has 3 heteroatoms. The summed E-state index contributed by atoms with van der Waals surface area (Å²) in [5.41, 5.74) is 3.21. The minimum Gasteiger partial charge on any atom is -0.490 e. The lowest BCUT2D eigenvalue weighted by molar-refractivity contribution is 0.0690. The lowest BCUT2D eigenvalue weighted by Gasteiger charge is -2.13. The number of ether oxygens (including phenoxy) is 1. The van der Waals surface area contributed by atoms with Gasteiger partial charge in [0, 0.05) is 0 Å². The zero-order valence-corrected chi connectivity index (χ0v) is 11.9. The van der Waals surface area contributed by atoms with E-state index < -0.39 is 5.97 Å². The van der Waals surface area contributed by atoms with E-state index in [1.54, 1.807) is 12.1 Å². The summed E-state index contributed by atoms with van der Waals surface area (Å²) in [5.74, 6) is -0.570. The van der Waals surface area contributed by atoms with Crippen LogP contribution in [0.25, 0.3) is 11.1 Å². The Morgan fingerprint density at radius 3 is 2.40 bits per heavy atom. The molecule has 0 atom stereocenters. The number of hydrogen-bond acceptors (Lipinski definition) is 2. The molecule has 3 nitrogen and oxygen atoms in total. The Morgan fingerprint density at radius 2 is 1.80 bits per heavy atom. The largest absolute Gasteiger partial charge is 0.490 e. The molecule has 0 aliphatic rings. The zero-order chi connectivity index (χ0) is 14.7. The molecule has 0 aliphatic carbocycles. The van der Waals surface area contributed by atoms with Crippen LogP contribution in [0.2, 0.25) is 0 Å². The van der Waals surface area contributed by atoms with Gasteiger partial charge in [-0.15, -0.1) is 0 Å². The maximum atomic E-state index is 11.4. The van der Waals surface area contributed by atoms with Crippen LogP contribution in [0.1, 0.15) is 29.8 Å². The highest BCUT2D eigenvalue weighted by atomic mass is 16.5. The highest BCUT2D eigenvalue weighted by molar-refractivity contribution is 5.92. The number of hydrogen-bond donors (Lipinski definition) is 1. The lowest BCUT2D eigenvalue weighted by Crippen LogP contribution is -2.10. The summed E-state index contributed by atoms with van der Waals surface area (Å²) in [6, 6.07) is 13.2. The summed E-state index contributed by atoms with van der Waals surface area (Å²) in [7, 11) is 0. The van der Waals surface area contributed by atoms with E-state index in [2.05, 4.69) is 0 Å². The number of carboxylic acids is 1. The molecule has 0 radical (unpaired) electrons. The SMILES string of the molecule is Cc1cccc(-c2ccc(OC(C)C)c(C(=O)O)c2)c1. The van der Waals surface area contributed by atoms with Crippen LogP contribution in [0.3, 0.4) is 0 Å². The van der Waals surface area contributed by atoms with E-state index in [1.807, 2.05) is 51.1 Å². The van der Waals surface area contributed by atoms with E-state index in [4.69, 9.17) is 4.74 Å². The summed E-state index contributed by atoms with van der Waals surface area (Å²) in [6.07, 6.45) is -0.0575. The van der Waals surface area contributed by atoms with Crippen LogP contribution in [0.5, 0.6) is 5.75 Å². The molecule has 0 bridgehead atoms. The van der Waals surface area contributed by atoms with Crippen LogP contribution in [-0.2, 0) is 0 Å². The third kappa shape index (κ3) is 3.18. The Morgan fingerprint density at radius 1 is 1.10 bits per heavy atom. The molecule has 0 aliphatic heterocycles. The average Bonchev–Trinajstić information content (AvgIpc) is 2.38. The van der Waals surface area contributed by atoms with E-state index in [1.165, 1.54) is 0 Å². The molecule has 0 heterocycles. The van der Waals surface area contributed by atoms with E-state index in [0.717, 1.165) is 16.7 Å². The molecule has 0 aromatic heterocycles. The van der Waals surface area contributed by atoms with E-state index in [-0.39, 0.29) is 11.7 Å². The smallest absolute Gasteiger partial charge is 0.339 e. The lowest BCUT2D eigenvalue weighted by atomic mass is 10.0. The number of carbonyl (C=O) groups is 1. The quantitative estimate of drug-likeness (QED) is 0.907. The van der Waals surface area contributed by atoms with Crippen LogP contribution in [0.15, 0.2) is 42.5 Å². The minimum absolute atomic E-state index is 0.0575. The van der Waals surface area contributed by atoms with Crippen molar-refractivity contribution >= 4 is 5.97 Å². The van der Waals surface area contributed by atoms with Crippen LogP contribution in [0, 0.1) is 6.92 Å². The third-order valence-corrected chi connectivity index (χ3v) is 2.92. The van der Waals surface area contributed by atoms with Crippen molar-refractivity contribution in [1.29, 1.82) is 0 Å². The van der Waals surface area contributed by atoms with Gasteiger partial charge in [-0.25, -0.2) is 4.79 Å². The van der Waals surface area contributed by atoms with Gasteiger partial charge in [0.1, 0.15) is 11.3 Å². The number of rotatable bonds is 4. The molecule has 0 saturated carbocycles. The summed E-state index contributed by atoms with van der Waals surface area (Å²) in [4.78, 5) is 11.4. The molecule has 20 heavy (non-hydrogen) atoms. The normalized spacial score (nSPS) is 10.6. The topological polar surface area (TPSA) is 46.5 Å². The van der Waals surface area contributed by atoms with Gasteiger partial charge in [0.2, 0.25) is 0 Å². The van der Waals surface area contributed by atoms with Gasteiger partial charge in [0.15, 0.2) is 0 Å². The Bertz CT molecular complexity index is 630. The van der Waals surface area contributed by atoms with Gasteiger partial charge < -0.3 is 9.84 Å². The Kier molecular flexibility index (Phi) is 4.08. The molecule has 0 fully saturated rings. The summed E-state index contributed by atoms with van der Waals surface area (Å²) in [5, 5.41) is 9.32. The highest BCUT2D eigenvalue weighted by Crippen LogP contribution is 2.28. The van der Waals surface area contributed by atoms with E-state index in [0.29, 0.717) is 5.75 Å². The van der Waals surface area contributed by atoms with Crippen LogP contribution in [-0.4, -0.2) is 17.2 Å². The van der Waals surface area contributed by atoms with Crippen LogP contribution >= 0.6 is 0 Å². The fourth-order valence-corrected chi connectivity index (χ4v) is 2.06. The van der Waals surface area contributed by atoms with Crippen molar-refractivity contribution in [3.63, 3.8) is 0 Å². The van der Waals surface area contributed by atoms with Gasteiger partial charge in [0.25, 0.3) is 0 Å². The monoisotopic (exact) mass is 270 g/mol. The molecule has 2 aromatic carbocycles. The van der Waals surface area contributed by atoms with Crippen molar-refractivity contribution in [3.8, 4) is 16.9 Å². The van der Waals surface area contributed by atoms with Gasteiger partial charge in [-0.2, -0.15) is 0 Å². The molecule has 0 unspecified atom stereocenters. The first-order chi connectivity index (χ1) is 9.47. The Balaban J connectivity index is 2.47. The van der Waals surface area contributed by atoms with Crippen molar-refractivity contribution in [2.45, 2.75) is 26.9 Å². The molecule has 2 rings (SSSR count). The predicted octanol–water partition coefficient (Wildman–Crippen LogP) is 4.15. The second kappa shape index (κ2) is 5.78. The molecule has 0 saturated heterocycles. The molecular formula is C17H18O3. The van der Waals surface area contributed by atoms with E-state index in [9.17, 15) is 9.90 Å². The number of aromatic carboxylic acids is 1. The second-order valence-electron chi connectivity index (χ2n) is 5.05. The molecule has 0 amide bonds. The van der Waals surface area contributed by atoms with Gasteiger partial charge in [-0.1, -0.05) is 35.9 Å². The molecule has 1 N–H and O–H groups in total. The maximum Gasteiger partial charge on any atom is 0.339 e. The minimum atomic E-state index is -0.977. The van der Waals surface area contributed by atoms with Gasteiger partial charge in [-0.3, -0.25) is 0 Å². The number of aryl methyl sites for hydroxylation is 1. The zero-order valence-electron chi connectivity index (χ0n) is 11.9. The highest BCUT2D eigenvalue weighted by Gasteiger charge is 2.14. The molecule has 2 aromatic rings. The molecular weight excluding hydrogens is 252 g/mol. The first kappa shape index (κ1) is 14.1. The first-order valence-corrected chi connectivity index (χ1v) is 6.58. The Labute approximate surface area is 118 Å².